The van der Waals surface area contributed by atoms with Crippen LogP contribution in [0.15, 0.2) is 84.9 Å². The fourth-order valence-corrected chi connectivity index (χ4v) is 4.23. The average molecular weight is 545 g/mol. The number of nitrogens with zero attached hydrogens (tertiary/aromatic N) is 1. The van der Waals surface area contributed by atoms with Crippen LogP contribution in [-0.4, -0.2) is 48.1 Å². The van der Waals surface area contributed by atoms with Crippen molar-refractivity contribution in [1.29, 1.82) is 0 Å². The van der Waals surface area contributed by atoms with Gasteiger partial charge in [0.25, 0.3) is 0 Å². The third-order valence-corrected chi connectivity index (χ3v) is 6.13. The lowest BCUT2D eigenvalue weighted by atomic mass is 10.0. The summed E-state index contributed by atoms with van der Waals surface area (Å²) in [7, 11) is 0. The zero-order valence-corrected chi connectivity index (χ0v) is 23.8. The molecule has 0 aliphatic rings. The van der Waals surface area contributed by atoms with Gasteiger partial charge in [-0.15, -0.1) is 0 Å². The van der Waals surface area contributed by atoms with Crippen molar-refractivity contribution in [3.63, 3.8) is 0 Å². The van der Waals surface area contributed by atoms with Crippen LogP contribution in [0.1, 0.15) is 45.2 Å². The fraction of sp³-hybridized carbons (Fsp3) is 0.364. The lowest BCUT2D eigenvalue weighted by molar-refractivity contribution is -0.148. The molecule has 7 heteroatoms. The fourth-order valence-electron chi connectivity index (χ4n) is 4.23. The summed E-state index contributed by atoms with van der Waals surface area (Å²) in [5.41, 5.74) is 3.91. The van der Waals surface area contributed by atoms with Gasteiger partial charge in [0, 0.05) is 19.5 Å². The summed E-state index contributed by atoms with van der Waals surface area (Å²) in [5, 5.41) is 2.88. The maximum atomic E-state index is 13.4. The highest BCUT2D eigenvalue weighted by atomic mass is 16.5. The third-order valence-electron chi connectivity index (χ3n) is 6.13. The van der Waals surface area contributed by atoms with E-state index in [2.05, 4.69) is 5.32 Å². The van der Waals surface area contributed by atoms with Gasteiger partial charge >= 0.3 is 18.0 Å². The topological polar surface area (TPSA) is 84.9 Å². The highest BCUT2D eigenvalue weighted by Crippen LogP contribution is 2.20. The molecule has 40 heavy (non-hydrogen) atoms. The van der Waals surface area contributed by atoms with Gasteiger partial charge in [0.15, 0.2) is 0 Å². The molecule has 1 atom stereocenters. The Morgan fingerprint density at radius 2 is 1.38 bits per heavy atom. The predicted octanol–water partition coefficient (Wildman–Crippen LogP) is 6.02. The minimum absolute atomic E-state index is 0.0718. The van der Waals surface area contributed by atoms with Gasteiger partial charge in [0.1, 0.15) is 12.6 Å². The first-order chi connectivity index (χ1) is 19.2. The van der Waals surface area contributed by atoms with Gasteiger partial charge in [-0.1, -0.05) is 98.8 Å². The summed E-state index contributed by atoms with van der Waals surface area (Å²) < 4.78 is 10.8. The Morgan fingerprint density at radius 3 is 1.98 bits per heavy atom. The van der Waals surface area contributed by atoms with Crippen LogP contribution in [-0.2, 0) is 32.1 Å². The molecule has 0 heterocycles. The molecule has 0 spiro atoms. The van der Waals surface area contributed by atoms with Crippen LogP contribution in [0.5, 0.6) is 0 Å². The van der Waals surface area contributed by atoms with Crippen molar-refractivity contribution < 1.29 is 23.9 Å². The number of urea groups is 1. The molecular formula is C33H40N2O5. The third kappa shape index (κ3) is 10.2. The molecule has 2 amide bonds. The van der Waals surface area contributed by atoms with E-state index in [1.54, 1.807) is 18.7 Å². The van der Waals surface area contributed by atoms with Crippen molar-refractivity contribution in [3.05, 3.63) is 96.1 Å². The van der Waals surface area contributed by atoms with E-state index in [9.17, 15) is 14.4 Å². The van der Waals surface area contributed by atoms with Gasteiger partial charge in [-0.3, -0.25) is 4.79 Å². The first-order valence-electron chi connectivity index (χ1n) is 13.8. The molecule has 0 saturated heterocycles. The Morgan fingerprint density at radius 1 is 0.775 bits per heavy atom. The Balaban J connectivity index is 1.74. The number of hydrogen-bond acceptors (Lipinski definition) is 5. The van der Waals surface area contributed by atoms with E-state index >= 15 is 0 Å². The summed E-state index contributed by atoms with van der Waals surface area (Å²) in [6.07, 6.45) is 0.110. The minimum Gasteiger partial charge on any atom is -0.463 e. The number of ether oxygens (including phenoxy) is 2. The summed E-state index contributed by atoms with van der Waals surface area (Å²) in [5.74, 6) is -0.720. The normalized spacial score (nSPS) is 11.7. The summed E-state index contributed by atoms with van der Waals surface area (Å²) in [6.45, 7) is 8.28. The first-order valence-corrected chi connectivity index (χ1v) is 13.8. The van der Waals surface area contributed by atoms with E-state index in [1.807, 2.05) is 98.8 Å². The van der Waals surface area contributed by atoms with Crippen LogP contribution in [0.3, 0.4) is 0 Å². The second kappa shape index (κ2) is 15.5. The molecule has 1 N–H and O–H groups in total. The van der Waals surface area contributed by atoms with Crippen molar-refractivity contribution in [1.82, 2.24) is 10.2 Å². The predicted molar refractivity (Wildman–Crippen MR) is 156 cm³/mol. The van der Waals surface area contributed by atoms with Gasteiger partial charge in [0.2, 0.25) is 0 Å². The second-order valence-electron chi connectivity index (χ2n) is 10.5. The molecular weight excluding hydrogens is 504 g/mol. The van der Waals surface area contributed by atoms with Gasteiger partial charge in [-0.2, -0.15) is 0 Å². The second-order valence-corrected chi connectivity index (χ2v) is 10.5. The molecule has 0 aromatic heterocycles. The number of esters is 2. The molecule has 0 saturated carbocycles. The van der Waals surface area contributed by atoms with Crippen molar-refractivity contribution in [3.8, 4) is 11.1 Å². The van der Waals surface area contributed by atoms with E-state index in [4.69, 9.17) is 9.47 Å². The number of hydrogen-bond donors (Lipinski definition) is 1. The smallest absolute Gasteiger partial charge is 0.329 e. The van der Waals surface area contributed by atoms with E-state index < -0.39 is 18.0 Å². The molecule has 3 aromatic carbocycles. The zero-order valence-electron chi connectivity index (χ0n) is 23.8. The summed E-state index contributed by atoms with van der Waals surface area (Å²) in [6, 6.07) is 26.0. The van der Waals surface area contributed by atoms with Crippen molar-refractivity contribution >= 4 is 18.0 Å². The number of nitrogens with one attached hydrogen (secondary N) is 1. The van der Waals surface area contributed by atoms with Crippen LogP contribution in [0.4, 0.5) is 4.79 Å². The van der Waals surface area contributed by atoms with Gasteiger partial charge in [-0.05, 0) is 42.0 Å². The molecule has 3 aromatic rings. The maximum absolute atomic E-state index is 13.4. The standard InChI is InChI=1S/C33H40N2O5/c1-24(2)22-35(20-19-31(36)40-25(3)4)33(38)34-30(32(37)39-23-27-11-7-5-8-12-27)21-26-15-17-29(18-16-26)28-13-9-6-10-14-28/h5-18,24-25,30H,19-23H2,1-4H3,(H,34,38)/t30-/m0/s1. The molecule has 212 valence electrons. The van der Waals surface area contributed by atoms with E-state index in [1.165, 1.54) is 0 Å². The summed E-state index contributed by atoms with van der Waals surface area (Å²) in [4.78, 5) is 40.3. The molecule has 0 radical (unpaired) electrons. The van der Waals surface area contributed by atoms with Crippen LogP contribution in [0, 0.1) is 5.92 Å². The molecule has 0 unspecified atom stereocenters. The Bertz CT molecular complexity index is 1210. The molecule has 3 rings (SSSR count). The molecule has 7 nitrogen and oxygen atoms in total. The lowest BCUT2D eigenvalue weighted by Crippen LogP contribution is -2.50. The number of benzene rings is 3. The number of amides is 2. The van der Waals surface area contributed by atoms with Crippen LogP contribution < -0.4 is 5.32 Å². The lowest BCUT2D eigenvalue weighted by Gasteiger charge is -2.27. The van der Waals surface area contributed by atoms with Gasteiger partial charge in [-0.25, -0.2) is 9.59 Å². The van der Waals surface area contributed by atoms with Crippen LogP contribution >= 0.6 is 0 Å². The van der Waals surface area contributed by atoms with E-state index in [0.717, 1.165) is 22.3 Å². The van der Waals surface area contributed by atoms with Gasteiger partial charge in [0.05, 0.1) is 12.5 Å². The highest BCUT2D eigenvalue weighted by Gasteiger charge is 2.26. The quantitative estimate of drug-likeness (QED) is 0.266. The average Bonchev–Trinajstić information content (AvgIpc) is 2.94. The monoisotopic (exact) mass is 544 g/mol. The molecule has 0 aliphatic carbocycles. The SMILES string of the molecule is CC(C)CN(CCC(=O)OC(C)C)C(=O)N[C@@H](Cc1ccc(-c2ccccc2)cc1)C(=O)OCc1ccccc1. The molecule has 0 bridgehead atoms. The van der Waals surface area contributed by atoms with Crippen molar-refractivity contribution in [2.45, 2.75) is 59.3 Å². The Hall–Kier alpha value is -4.13. The summed E-state index contributed by atoms with van der Waals surface area (Å²) >= 11 is 0. The minimum atomic E-state index is -0.906. The first kappa shape index (κ1) is 30.4. The maximum Gasteiger partial charge on any atom is 0.329 e. The largest absolute Gasteiger partial charge is 0.463 e. The van der Waals surface area contributed by atoms with Crippen LogP contribution in [0.2, 0.25) is 0 Å². The number of carbonyl (C=O) groups excluding carboxylic acids is 3. The van der Waals surface area contributed by atoms with E-state index in [0.29, 0.717) is 6.54 Å². The molecule has 0 fully saturated rings. The van der Waals surface area contributed by atoms with Crippen molar-refractivity contribution in [2.75, 3.05) is 13.1 Å². The highest BCUT2D eigenvalue weighted by molar-refractivity contribution is 5.84. The van der Waals surface area contributed by atoms with Crippen molar-refractivity contribution in [2.24, 2.45) is 5.92 Å². The Labute approximate surface area is 237 Å². The Kier molecular flexibility index (Phi) is 11.8. The van der Waals surface area contributed by atoms with Gasteiger partial charge < -0.3 is 19.7 Å². The number of carbonyl (C=O) groups is 3. The molecule has 0 aliphatic heterocycles. The van der Waals surface area contributed by atoms with Crippen LogP contribution in [0.25, 0.3) is 11.1 Å². The zero-order chi connectivity index (χ0) is 28.9. The number of rotatable bonds is 13. The van der Waals surface area contributed by atoms with E-state index in [-0.39, 0.29) is 44.0 Å².